The normalized spacial score (nSPS) is 12.6. The first-order chi connectivity index (χ1) is 13.3. The third-order valence-corrected chi connectivity index (χ3v) is 4.92. The summed E-state index contributed by atoms with van der Waals surface area (Å²) in [6, 6.07) is 10.9. The Morgan fingerprint density at radius 2 is 1.14 bits per heavy atom. The van der Waals surface area contributed by atoms with Gasteiger partial charge in [0.25, 0.3) is 0 Å². The lowest BCUT2D eigenvalue weighted by molar-refractivity contribution is 0.0971. The molecule has 1 aliphatic carbocycles. The van der Waals surface area contributed by atoms with Crippen molar-refractivity contribution in [1.82, 2.24) is 0 Å². The van der Waals surface area contributed by atoms with E-state index in [-0.39, 0.29) is 11.1 Å². The van der Waals surface area contributed by atoms with E-state index >= 15 is 4.39 Å². The number of fused-ring (bicyclic) bond motifs is 2. The van der Waals surface area contributed by atoms with Gasteiger partial charge in [0.05, 0.1) is 11.1 Å². The van der Waals surface area contributed by atoms with Gasteiger partial charge in [-0.25, -0.2) is 13.2 Å². The van der Waals surface area contributed by atoms with E-state index in [0.717, 1.165) is 0 Å². The molecular weight excluding hydrogens is 367 g/mol. The topological polar surface area (TPSA) is 46.2 Å². The zero-order chi connectivity index (χ0) is 20.2. The highest BCUT2D eigenvalue weighted by Gasteiger charge is 2.38. The summed E-state index contributed by atoms with van der Waals surface area (Å²) < 4.78 is 44.7. The van der Waals surface area contributed by atoms with Gasteiger partial charge in [-0.05, 0) is 25.0 Å². The Labute approximate surface area is 158 Å². The molecule has 0 aromatic heterocycles. The number of hydrogen-bond donors (Lipinski definition) is 1. The number of rotatable bonds is 2. The number of carbonyl (C=O) groups excluding carboxylic acids is 2. The molecule has 0 amide bonds. The average molecular weight is 381 g/mol. The first-order valence-corrected chi connectivity index (χ1v) is 8.55. The largest absolute Gasteiger partial charge is 0.350 e. The highest BCUT2D eigenvalue weighted by molar-refractivity contribution is 6.28. The molecule has 0 radical (unpaired) electrons. The quantitative estimate of drug-likeness (QED) is 0.483. The number of aryl methyl sites for hydroxylation is 2. The second kappa shape index (κ2) is 6.34. The van der Waals surface area contributed by atoms with E-state index in [1.807, 2.05) is 0 Å². The van der Waals surface area contributed by atoms with E-state index < -0.39 is 45.8 Å². The second-order valence-corrected chi connectivity index (χ2v) is 6.66. The smallest absolute Gasteiger partial charge is 0.197 e. The van der Waals surface area contributed by atoms with Crippen LogP contribution >= 0.6 is 0 Å². The summed E-state index contributed by atoms with van der Waals surface area (Å²) in [6.07, 6.45) is 0. The number of halogens is 3. The molecule has 1 N–H and O–H groups in total. The summed E-state index contributed by atoms with van der Waals surface area (Å²) in [4.78, 5) is 25.4. The summed E-state index contributed by atoms with van der Waals surface area (Å²) in [6.45, 7) is 3.45. The Balaban J connectivity index is 1.97. The Morgan fingerprint density at radius 3 is 1.68 bits per heavy atom. The zero-order valence-corrected chi connectivity index (χ0v) is 15.0. The zero-order valence-electron chi connectivity index (χ0n) is 15.0. The fourth-order valence-corrected chi connectivity index (χ4v) is 3.48. The molecule has 0 aliphatic heterocycles. The van der Waals surface area contributed by atoms with E-state index in [0.29, 0.717) is 16.8 Å². The SMILES string of the molecule is Cc1cccc(C)c1Nc1c(F)c(F)c2c(c1F)C(=O)c1ccccc1C2=O. The minimum absolute atomic E-state index is 0.0390. The van der Waals surface area contributed by atoms with Crippen LogP contribution in [0.2, 0.25) is 0 Å². The average Bonchev–Trinajstić information content (AvgIpc) is 2.68. The Bertz CT molecular complexity index is 1160. The van der Waals surface area contributed by atoms with Gasteiger partial charge < -0.3 is 5.32 Å². The van der Waals surface area contributed by atoms with Gasteiger partial charge >= 0.3 is 0 Å². The summed E-state index contributed by atoms with van der Waals surface area (Å²) >= 11 is 0. The van der Waals surface area contributed by atoms with Gasteiger partial charge in [-0.1, -0.05) is 42.5 Å². The lowest BCUT2D eigenvalue weighted by atomic mass is 9.83. The van der Waals surface area contributed by atoms with Crippen molar-refractivity contribution in [3.8, 4) is 0 Å². The number of carbonyl (C=O) groups is 2. The lowest BCUT2D eigenvalue weighted by Crippen LogP contribution is -2.25. The van der Waals surface area contributed by atoms with Crippen LogP contribution in [0.4, 0.5) is 24.5 Å². The molecule has 3 nitrogen and oxygen atoms in total. The van der Waals surface area contributed by atoms with Gasteiger partial charge in [0.1, 0.15) is 5.69 Å². The highest BCUT2D eigenvalue weighted by atomic mass is 19.2. The fourth-order valence-electron chi connectivity index (χ4n) is 3.48. The van der Waals surface area contributed by atoms with Crippen molar-refractivity contribution in [1.29, 1.82) is 0 Å². The Morgan fingerprint density at radius 1 is 0.643 bits per heavy atom. The number of nitrogens with one attached hydrogen (secondary N) is 1. The van der Waals surface area contributed by atoms with Crippen LogP contribution in [0.15, 0.2) is 42.5 Å². The number of hydrogen-bond acceptors (Lipinski definition) is 3. The van der Waals surface area contributed by atoms with Crippen LogP contribution in [0.3, 0.4) is 0 Å². The van der Waals surface area contributed by atoms with Gasteiger partial charge in [0, 0.05) is 16.8 Å². The van der Waals surface area contributed by atoms with E-state index in [9.17, 15) is 18.4 Å². The second-order valence-electron chi connectivity index (χ2n) is 6.66. The van der Waals surface area contributed by atoms with Crippen molar-refractivity contribution < 1.29 is 22.8 Å². The maximum Gasteiger partial charge on any atom is 0.197 e. The van der Waals surface area contributed by atoms with Crippen LogP contribution in [-0.2, 0) is 0 Å². The van der Waals surface area contributed by atoms with Gasteiger partial charge in [-0.15, -0.1) is 0 Å². The van der Waals surface area contributed by atoms with Crippen molar-refractivity contribution in [3.05, 3.63) is 93.3 Å². The molecular formula is C22H14F3NO2. The third-order valence-electron chi connectivity index (χ3n) is 4.92. The van der Waals surface area contributed by atoms with E-state index in [1.165, 1.54) is 24.3 Å². The predicted molar refractivity (Wildman–Crippen MR) is 98.8 cm³/mol. The maximum absolute atomic E-state index is 15.2. The maximum atomic E-state index is 15.2. The summed E-state index contributed by atoms with van der Waals surface area (Å²) in [5, 5.41) is 2.57. The first-order valence-electron chi connectivity index (χ1n) is 8.55. The molecule has 0 atom stereocenters. The molecule has 0 bridgehead atoms. The molecule has 4 rings (SSSR count). The van der Waals surface area contributed by atoms with Crippen molar-refractivity contribution >= 4 is 22.9 Å². The molecule has 6 heteroatoms. The van der Waals surface area contributed by atoms with Crippen LogP contribution in [0.25, 0.3) is 0 Å². The predicted octanol–water partition coefficient (Wildman–Crippen LogP) is 5.24. The number of para-hydroxylation sites is 1. The number of ketones is 2. The van der Waals surface area contributed by atoms with Crippen LogP contribution < -0.4 is 5.32 Å². The molecule has 28 heavy (non-hydrogen) atoms. The molecule has 3 aromatic carbocycles. The van der Waals surface area contributed by atoms with Crippen LogP contribution in [0.1, 0.15) is 43.0 Å². The van der Waals surface area contributed by atoms with Crippen molar-refractivity contribution in [2.75, 3.05) is 5.32 Å². The minimum Gasteiger partial charge on any atom is -0.350 e. The van der Waals surface area contributed by atoms with E-state index in [2.05, 4.69) is 5.32 Å². The molecule has 1 aliphatic rings. The molecule has 0 unspecified atom stereocenters. The minimum atomic E-state index is -1.54. The van der Waals surface area contributed by atoms with Gasteiger partial charge in [0.15, 0.2) is 29.0 Å². The van der Waals surface area contributed by atoms with Gasteiger partial charge in [-0.2, -0.15) is 0 Å². The molecule has 3 aromatic rings. The van der Waals surface area contributed by atoms with E-state index in [4.69, 9.17) is 0 Å². The molecule has 0 saturated carbocycles. The fraction of sp³-hybridized carbons (Fsp3) is 0.0909. The van der Waals surface area contributed by atoms with Crippen LogP contribution in [0.5, 0.6) is 0 Å². The number of benzene rings is 3. The van der Waals surface area contributed by atoms with Crippen LogP contribution in [-0.4, -0.2) is 11.6 Å². The monoisotopic (exact) mass is 381 g/mol. The summed E-state index contributed by atoms with van der Waals surface area (Å²) in [5.41, 5.74) is -0.767. The van der Waals surface area contributed by atoms with Crippen molar-refractivity contribution in [2.24, 2.45) is 0 Å². The van der Waals surface area contributed by atoms with Gasteiger partial charge in [-0.3, -0.25) is 9.59 Å². The third kappa shape index (κ3) is 2.45. The molecule has 0 heterocycles. The molecule has 0 saturated heterocycles. The van der Waals surface area contributed by atoms with E-state index in [1.54, 1.807) is 32.0 Å². The van der Waals surface area contributed by atoms with Crippen LogP contribution in [0, 0.1) is 31.3 Å². The number of anilines is 2. The summed E-state index contributed by atoms with van der Waals surface area (Å²) in [7, 11) is 0. The molecule has 140 valence electrons. The highest BCUT2D eigenvalue weighted by Crippen LogP contribution is 2.38. The van der Waals surface area contributed by atoms with Crippen molar-refractivity contribution in [2.45, 2.75) is 13.8 Å². The van der Waals surface area contributed by atoms with Crippen molar-refractivity contribution in [3.63, 3.8) is 0 Å². The molecule has 0 fully saturated rings. The van der Waals surface area contributed by atoms with Gasteiger partial charge in [0.2, 0.25) is 0 Å². The molecule has 0 spiro atoms. The lowest BCUT2D eigenvalue weighted by Gasteiger charge is -2.22. The standard InChI is InChI=1S/C22H14F3NO2/c1-10-6-5-7-11(2)19(10)26-20-17(24)15-14(16(23)18(20)25)21(27)12-8-3-4-9-13(12)22(15)28/h3-9,26H,1-2H3. The summed E-state index contributed by atoms with van der Waals surface area (Å²) in [5.74, 6) is -6.15. The Hall–Kier alpha value is -3.41. The first kappa shape index (κ1) is 18.0. The Kier molecular flexibility index (Phi) is 4.07.